The molecule has 0 atom stereocenters. The topological polar surface area (TPSA) is 102 Å². The third-order valence-corrected chi connectivity index (χ3v) is 3.08. The number of benzene rings is 1. The van der Waals surface area contributed by atoms with E-state index in [0.29, 0.717) is 0 Å². The first-order valence-electron chi connectivity index (χ1n) is 5.43. The molecule has 7 nitrogen and oxygen atoms in total. The second-order valence-corrected chi connectivity index (χ2v) is 5.79. The molecule has 1 N–H and O–H groups in total. The van der Waals surface area contributed by atoms with Crippen molar-refractivity contribution in [2.75, 3.05) is 6.26 Å². The van der Waals surface area contributed by atoms with Crippen LogP contribution < -0.4 is 5.32 Å². The van der Waals surface area contributed by atoms with E-state index >= 15 is 0 Å². The van der Waals surface area contributed by atoms with Gasteiger partial charge in [-0.15, -0.1) is 5.10 Å². The number of hydrogen-bond acceptors (Lipinski definition) is 6. The predicted molar refractivity (Wildman–Crippen MR) is 65.0 cm³/mol. The second kappa shape index (κ2) is 5.37. The highest BCUT2D eigenvalue weighted by Crippen LogP contribution is 2.08. The molecule has 0 fully saturated rings. The van der Waals surface area contributed by atoms with Gasteiger partial charge in [0.25, 0.3) is 5.91 Å². The van der Waals surface area contributed by atoms with Gasteiger partial charge >= 0.3 is 5.22 Å². The molecule has 9 heteroatoms. The number of aromatic nitrogens is 2. The van der Waals surface area contributed by atoms with E-state index in [4.69, 9.17) is 4.42 Å². The molecule has 0 saturated carbocycles. The van der Waals surface area contributed by atoms with Crippen molar-refractivity contribution in [3.63, 3.8) is 0 Å². The lowest BCUT2D eigenvalue weighted by Gasteiger charge is -2.03. The van der Waals surface area contributed by atoms with Crippen molar-refractivity contribution >= 4 is 15.7 Å². The van der Waals surface area contributed by atoms with Gasteiger partial charge in [0.05, 0.1) is 12.1 Å². The smallest absolute Gasteiger partial charge is 0.335 e. The van der Waals surface area contributed by atoms with Crippen LogP contribution in [0.2, 0.25) is 0 Å². The molecule has 0 aliphatic heterocycles. The van der Waals surface area contributed by atoms with Gasteiger partial charge in [-0.25, -0.2) is 12.8 Å². The Labute approximate surface area is 113 Å². The summed E-state index contributed by atoms with van der Waals surface area (Å²) in [6.07, 6.45) is 0.919. The van der Waals surface area contributed by atoms with E-state index in [-0.39, 0.29) is 18.0 Å². The Bertz CT molecular complexity index is 742. The lowest BCUT2D eigenvalue weighted by molar-refractivity contribution is 0.0942. The summed E-state index contributed by atoms with van der Waals surface area (Å²) in [6.45, 7) is -0.199. The number of hydrogen-bond donors (Lipinski definition) is 1. The normalized spacial score (nSPS) is 11.3. The molecule has 0 spiro atoms. The number of halogens is 1. The fraction of sp³-hybridized carbons (Fsp3) is 0.182. The maximum absolute atomic E-state index is 13.3. The average Bonchev–Trinajstić information content (AvgIpc) is 2.85. The molecule has 1 aromatic carbocycles. The Morgan fingerprint density at radius 3 is 2.65 bits per heavy atom. The Morgan fingerprint density at radius 1 is 1.35 bits per heavy atom. The van der Waals surface area contributed by atoms with Gasteiger partial charge in [0, 0.05) is 6.26 Å². The molecule has 0 aliphatic carbocycles. The average molecular weight is 299 g/mol. The van der Waals surface area contributed by atoms with Crippen molar-refractivity contribution in [1.82, 2.24) is 15.5 Å². The van der Waals surface area contributed by atoms with Crippen molar-refractivity contribution in [2.45, 2.75) is 11.8 Å². The Balaban J connectivity index is 2.04. The third kappa shape index (κ3) is 3.18. The summed E-state index contributed by atoms with van der Waals surface area (Å²) < 4.78 is 40.4. The minimum absolute atomic E-state index is 0.0879. The van der Waals surface area contributed by atoms with E-state index in [9.17, 15) is 17.6 Å². The largest absolute Gasteiger partial charge is 0.411 e. The van der Waals surface area contributed by atoms with Crippen LogP contribution in [-0.2, 0) is 16.4 Å². The summed E-state index contributed by atoms with van der Waals surface area (Å²) >= 11 is 0. The van der Waals surface area contributed by atoms with Crippen LogP contribution in [0.15, 0.2) is 33.9 Å². The summed E-state index contributed by atoms with van der Waals surface area (Å²) in [6, 6.07) is 5.46. The molecular weight excluding hydrogens is 289 g/mol. The lowest BCUT2D eigenvalue weighted by atomic mass is 10.2. The first-order chi connectivity index (χ1) is 9.38. The van der Waals surface area contributed by atoms with Gasteiger partial charge in [-0.3, -0.25) is 4.79 Å². The van der Waals surface area contributed by atoms with Crippen LogP contribution in [0.4, 0.5) is 4.39 Å². The first-order valence-corrected chi connectivity index (χ1v) is 7.32. The first kappa shape index (κ1) is 14.1. The molecule has 0 bridgehead atoms. The molecule has 2 aromatic rings. The highest BCUT2D eigenvalue weighted by Gasteiger charge is 2.17. The minimum atomic E-state index is -3.59. The van der Waals surface area contributed by atoms with Gasteiger partial charge in [0.1, 0.15) is 5.82 Å². The number of sulfone groups is 1. The highest BCUT2D eigenvalue weighted by molar-refractivity contribution is 7.90. The summed E-state index contributed by atoms with van der Waals surface area (Å²) in [7, 11) is -3.59. The predicted octanol–water partition coefficient (Wildman–Crippen LogP) is 0.542. The lowest BCUT2D eigenvalue weighted by Crippen LogP contribution is -2.23. The molecule has 106 valence electrons. The van der Waals surface area contributed by atoms with Crippen LogP contribution in [-0.4, -0.2) is 30.8 Å². The Morgan fingerprint density at radius 2 is 2.05 bits per heavy atom. The molecule has 0 radical (unpaired) electrons. The van der Waals surface area contributed by atoms with Crippen molar-refractivity contribution in [3.05, 3.63) is 41.5 Å². The molecule has 1 heterocycles. The molecule has 2 rings (SSSR count). The number of carbonyl (C=O) groups excluding carboxylic acids is 1. The van der Waals surface area contributed by atoms with Gasteiger partial charge in [0.2, 0.25) is 15.7 Å². The number of amides is 1. The summed E-state index contributed by atoms with van der Waals surface area (Å²) in [5, 5.41) is 8.61. The van der Waals surface area contributed by atoms with Gasteiger partial charge < -0.3 is 9.73 Å². The van der Waals surface area contributed by atoms with Crippen LogP contribution in [0.25, 0.3) is 0 Å². The van der Waals surface area contributed by atoms with Crippen LogP contribution in [0.1, 0.15) is 16.2 Å². The fourth-order valence-corrected chi connectivity index (χ4v) is 1.79. The van der Waals surface area contributed by atoms with Crippen molar-refractivity contribution in [3.8, 4) is 0 Å². The third-order valence-electron chi connectivity index (χ3n) is 2.28. The maximum atomic E-state index is 13.3. The van der Waals surface area contributed by atoms with E-state index in [1.54, 1.807) is 0 Å². The quantitative estimate of drug-likeness (QED) is 0.884. The molecule has 0 aliphatic rings. The summed E-state index contributed by atoms with van der Waals surface area (Å²) in [5.74, 6) is -1.41. The van der Waals surface area contributed by atoms with Gasteiger partial charge in [0.15, 0.2) is 0 Å². The zero-order valence-electron chi connectivity index (χ0n) is 10.3. The van der Waals surface area contributed by atoms with E-state index in [1.165, 1.54) is 18.2 Å². The summed E-state index contributed by atoms with van der Waals surface area (Å²) in [4.78, 5) is 11.7. The van der Waals surface area contributed by atoms with Crippen LogP contribution in [0.3, 0.4) is 0 Å². The van der Waals surface area contributed by atoms with E-state index in [0.717, 1.165) is 12.3 Å². The fourth-order valence-electron chi connectivity index (χ4n) is 1.36. The van der Waals surface area contributed by atoms with E-state index in [1.807, 2.05) is 0 Å². The number of nitrogens with zero attached hydrogens (tertiary/aromatic N) is 2. The Kier molecular flexibility index (Phi) is 3.79. The number of carbonyl (C=O) groups is 1. The highest BCUT2D eigenvalue weighted by atomic mass is 32.2. The summed E-state index contributed by atoms with van der Waals surface area (Å²) in [5.41, 5.74) is -0.129. The zero-order chi connectivity index (χ0) is 14.8. The van der Waals surface area contributed by atoms with Crippen LogP contribution in [0, 0.1) is 5.82 Å². The molecule has 0 unspecified atom stereocenters. The molecule has 0 saturated heterocycles. The zero-order valence-corrected chi connectivity index (χ0v) is 11.1. The van der Waals surface area contributed by atoms with Crippen LogP contribution in [0.5, 0.6) is 0 Å². The number of rotatable bonds is 4. The molecule has 20 heavy (non-hydrogen) atoms. The molecule has 1 aromatic heterocycles. The second-order valence-electron chi connectivity index (χ2n) is 3.90. The monoisotopic (exact) mass is 299 g/mol. The van der Waals surface area contributed by atoms with E-state index in [2.05, 4.69) is 15.5 Å². The van der Waals surface area contributed by atoms with Gasteiger partial charge in [-0.2, -0.15) is 0 Å². The van der Waals surface area contributed by atoms with Crippen molar-refractivity contribution in [1.29, 1.82) is 0 Å². The van der Waals surface area contributed by atoms with Crippen LogP contribution >= 0.6 is 0 Å². The molecular formula is C11H10FN3O4S. The number of nitrogens with one attached hydrogen (secondary N) is 1. The van der Waals surface area contributed by atoms with Crippen molar-refractivity contribution in [2.24, 2.45) is 0 Å². The standard InChI is InChI=1S/C11H10FN3O4S/c1-20(17,18)11-15-14-9(19-11)6-13-10(16)7-4-2-3-5-8(7)12/h2-5H,6H2,1H3,(H,13,16). The van der Waals surface area contributed by atoms with Gasteiger partial charge in [-0.1, -0.05) is 17.2 Å². The Hall–Kier alpha value is -2.29. The van der Waals surface area contributed by atoms with E-state index < -0.39 is 26.8 Å². The SMILES string of the molecule is CS(=O)(=O)c1nnc(CNC(=O)c2ccccc2F)o1. The van der Waals surface area contributed by atoms with Gasteiger partial charge in [-0.05, 0) is 12.1 Å². The van der Waals surface area contributed by atoms with Crippen molar-refractivity contribution < 1.29 is 22.0 Å². The maximum Gasteiger partial charge on any atom is 0.335 e. The molecule has 1 amide bonds. The minimum Gasteiger partial charge on any atom is -0.411 e.